The van der Waals surface area contributed by atoms with Crippen molar-refractivity contribution in [2.75, 3.05) is 5.32 Å². The van der Waals surface area contributed by atoms with E-state index in [1.54, 1.807) is 6.07 Å². The van der Waals surface area contributed by atoms with Crippen molar-refractivity contribution < 1.29 is 14.1 Å². The molecule has 0 unspecified atom stereocenters. The number of nitro groups is 1. The smallest absolute Gasteiger partial charge is 0.271 e. The lowest BCUT2D eigenvalue weighted by atomic mass is 10.1. The minimum Gasteiger partial charge on any atom is -0.361 e. The van der Waals surface area contributed by atoms with Crippen molar-refractivity contribution >= 4 is 17.2 Å². The van der Waals surface area contributed by atoms with Crippen molar-refractivity contribution in [1.29, 1.82) is 0 Å². The molecule has 2 aromatic carbocycles. The lowest BCUT2D eigenvalue weighted by molar-refractivity contribution is -0.384. The van der Waals surface area contributed by atoms with E-state index < -0.39 is 10.7 Å². The molecular formula is C15H11FN2O3. The minimum absolute atomic E-state index is 0.0433. The molecule has 5 nitrogen and oxygen atoms in total. The largest absolute Gasteiger partial charge is 0.361 e. The van der Waals surface area contributed by atoms with E-state index in [4.69, 9.17) is 0 Å². The summed E-state index contributed by atoms with van der Waals surface area (Å²) in [5, 5.41) is 13.4. The Morgan fingerprint density at radius 1 is 1.19 bits per heavy atom. The average Bonchev–Trinajstić information content (AvgIpc) is 2.48. The van der Waals surface area contributed by atoms with Crippen molar-refractivity contribution in [3.05, 3.63) is 82.3 Å². The Morgan fingerprint density at radius 2 is 1.90 bits per heavy atom. The van der Waals surface area contributed by atoms with E-state index >= 15 is 0 Å². The SMILES string of the molecule is O=C(/C=C\Nc1cccc([N+](=O)[O-])c1)c1ccc(F)cc1. The van der Waals surface area contributed by atoms with Crippen LogP contribution in [0.25, 0.3) is 0 Å². The number of allylic oxidation sites excluding steroid dienone is 1. The fourth-order valence-electron chi connectivity index (χ4n) is 1.63. The van der Waals surface area contributed by atoms with Gasteiger partial charge in [-0.25, -0.2) is 4.39 Å². The van der Waals surface area contributed by atoms with Gasteiger partial charge in [0.25, 0.3) is 5.69 Å². The second-order valence-corrected chi connectivity index (χ2v) is 4.16. The van der Waals surface area contributed by atoms with Gasteiger partial charge in [0.15, 0.2) is 5.78 Å². The molecule has 0 aliphatic rings. The number of non-ortho nitro benzene ring substituents is 1. The third kappa shape index (κ3) is 3.97. The van der Waals surface area contributed by atoms with Crippen molar-refractivity contribution in [2.45, 2.75) is 0 Å². The Kier molecular flexibility index (Phi) is 4.40. The summed E-state index contributed by atoms with van der Waals surface area (Å²) in [7, 11) is 0. The van der Waals surface area contributed by atoms with Crippen LogP contribution >= 0.6 is 0 Å². The first-order chi connectivity index (χ1) is 10.1. The molecule has 0 heterocycles. The van der Waals surface area contributed by atoms with Crippen LogP contribution in [0.4, 0.5) is 15.8 Å². The Bertz CT molecular complexity index is 696. The van der Waals surface area contributed by atoms with Gasteiger partial charge in [0.1, 0.15) is 5.82 Å². The summed E-state index contributed by atoms with van der Waals surface area (Å²) in [4.78, 5) is 21.9. The first kappa shape index (κ1) is 14.4. The maximum absolute atomic E-state index is 12.7. The quantitative estimate of drug-likeness (QED) is 0.395. The minimum atomic E-state index is -0.501. The van der Waals surface area contributed by atoms with Gasteiger partial charge >= 0.3 is 0 Å². The molecule has 0 aromatic heterocycles. The van der Waals surface area contributed by atoms with Crippen molar-refractivity contribution in [2.24, 2.45) is 0 Å². The monoisotopic (exact) mass is 286 g/mol. The predicted molar refractivity (Wildman–Crippen MR) is 76.6 cm³/mol. The lowest BCUT2D eigenvalue weighted by Gasteiger charge is -2.00. The molecule has 6 heteroatoms. The van der Waals surface area contributed by atoms with E-state index in [1.165, 1.54) is 54.7 Å². The Hall–Kier alpha value is -3.02. The van der Waals surface area contributed by atoms with Gasteiger partial charge in [-0.3, -0.25) is 14.9 Å². The molecule has 0 fully saturated rings. The van der Waals surface area contributed by atoms with Crippen LogP contribution in [0.1, 0.15) is 10.4 Å². The number of carbonyl (C=O) groups is 1. The Morgan fingerprint density at radius 3 is 2.57 bits per heavy atom. The van der Waals surface area contributed by atoms with E-state index in [2.05, 4.69) is 5.32 Å². The number of halogens is 1. The fourth-order valence-corrected chi connectivity index (χ4v) is 1.63. The molecule has 0 bridgehead atoms. The molecule has 0 spiro atoms. The molecular weight excluding hydrogens is 275 g/mol. The second kappa shape index (κ2) is 6.42. The fraction of sp³-hybridized carbons (Fsp3) is 0. The Labute approximate surface area is 119 Å². The third-order valence-corrected chi connectivity index (χ3v) is 2.67. The van der Waals surface area contributed by atoms with Crippen LogP contribution < -0.4 is 5.32 Å². The zero-order valence-electron chi connectivity index (χ0n) is 10.8. The molecule has 0 aliphatic carbocycles. The number of nitrogens with zero attached hydrogens (tertiary/aromatic N) is 1. The molecule has 0 saturated carbocycles. The summed E-state index contributed by atoms with van der Waals surface area (Å²) in [5.74, 6) is -0.710. The molecule has 0 atom stereocenters. The number of rotatable bonds is 5. The van der Waals surface area contributed by atoms with Gasteiger partial charge in [-0.1, -0.05) is 6.07 Å². The van der Waals surface area contributed by atoms with Crippen LogP contribution in [0.2, 0.25) is 0 Å². The van der Waals surface area contributed by atoms with Crippen LogP contribution in [0, 0.1) is 15.9 Å². The Balaban J connectivity index is 2.02. The molecule has 0 saturated heterocycles. The van der Waals surface area contributed by atoms with Crippen LogP contribution in [0.15, 0.2) is 60.8 Å². The molecule has 0 amide bonds. The number of carbonyl (C=O) groups excluding carboxylic acids is 1. The summed E-state index contributed by atoms with van der Waals surface area (Å²) in [6.07, 6.45) is 2.65. The summed E-state index contributed by atoms with van der Waals surface area (Å²) >= 11 is 0. The number of hydrogen-bond donors (Lipinski definition) is 1. The standard InChI is InChI=1S/C15H11FN2O3/c16-12-6-4-11(5-7-12)15(19)8-9-17-13-2-1-3-14(10-13)18(20)21/h1-10,17H/b9-8-. The lowest BCUT2D eigenvalue weighted by Crippen LogP contribution is -1.96. The number of nitrogens with one attached hydrogen (secondary N) is 1. The molecule has 21 heavy (non-hydrogen) atoms. The number of hydrogen-bond acceptors (Lipinski definition) is 4. The number of nitro benzene ring substituents is 1. The van der Waals surface area contributed by atoms with E-state index in [9.17, 15) is 19.3 Å². The molecule has 2 rings (SSSR count). The van der Waals surface area contributed by atoms with Gasteiger partial charge in [0.2, 0.25) is 0 Å². The van der Waals surface area contributed by atoms with E-state index in [0.717, 1.165) is 0 Å². The average molecular weight is 286 g/mol. The van der Waals surface area contributed by atoms with E-state index in [-0.39, 0.29) is 11.5 Å². The van der Waals surface area contributed by atoms with E-state index in [0.29, 0.717) is 11.3 Å². The predicted octanol–water partition coefficient (Wildman–Crippen LogP) is 3.54. The molecule has 0 aliphatic heterocycles. The summed E-state index contributed by atoms with van der Waals surface area (Å²) in [6, 6.07) is 11.1. The van der Waals surface area contributed by atoms with Crippen molar-refractivity contribution in [1.82, 2.24) is 0 Å². The number of ketones is 1. The van der Waals surface area contributed by atoms with Crippen molar-refractivity contribution in [3.8, 4) is 0 Å². The zero-order valence-corrected chi connectivity index (χ0v) is 10.8. The van der Waals surface area contributed by atoms with Crippen LogP contribution in [0.5, 0.6) is 0 Å². The summed E-state index contributed by atoms with van der Waals surface area (Å²) in [5.41, 5.74) is 0.805. The molecule has 1 N–H and O–H groups in total. The topological polar surface area (TPSA) is 72.2 Å². The first-order valence-corrected chi connectivity index (χ1v) is 6.04. The van der Waals surface area contributed by atoms with Gasteiger partial charge in [0.05, 0.1) is 4.92 Å². The van der Waals surface area contributed by atoms with Crippen LogP contribution in [-0.2, 0) is 0 Å². The summed E-state index contributed by atoms with van der Waals surface area (Å²) < 4.78 is 12.7. The molecule has 106 valence electrons. The van der Waals surface area contributed by atoms with Crippen LogP contribution in [0.3, 0.4) is 0 Å². The maximum Gasteiger partial charge on any atom is 0.271 e. The normalized spacial score (nSPS) is 10.5. The zero-order chi connectivity index (χ0) is 15.2. The number of anilines is 1. The summed E-state index contributed by atoms with van der Waals surface area (Å²) in [6.45, 7) is 0. The van der Waals surface area contributed by atoms with Gasteiger partial charge in [-0.05, 0) is 30.3 Å². The highest BCUT2D eigenvalue weighted by molar-refractivity contribution is 6.04. The van der Waals surface area contributed by atoms with Gasteiger partial charge < -0.3 is 5.32 Å². The third-order valence-electron chi connectivity index (χ3n) is 2.67. The molecule has 2 aromatic rings. The van der Waals surface area contributed by atoms with Gasteiger partial charge in [0, 0.05) is 35.7 Å². The first-order valence-electron chi connectivity index (χ1n) is 6.04. The second-order valence-electron chi connectivity index (χ2n) is 4.16. The maximum atomic E-state index is 12.7. The van der Waals surface area contributed by atoms with Gasteiger partial charge in [-0.2, -0.15) is 0 Å². The number of benzene rings is 2. The van der Waals surface area contributed by atoms with Crippen molar-refractivity contribution in [3.63, 3.8) is 0 Å². The molecule has 0 radical (unpaired) electrons. The van der Waals surface area contributed by atoms with E-state index in [1.807, 2.05) is 0 Å². The highest BCUT2D eigenvalue weighted by Crippen LogP contribution is 2.16. The van der Waals surface area contributed by atoms with Crippen LogP contribution in [-0.4, -0.2) is 10.7 Å². The highest BCUT2D eigenvalue weighted by atomic mass is 19.1. The highest BCUT2D eigenvalue weighted by Gasteiger charge is 2.05. The van der Waals surface area contributed by atoms with Gasteiger partial charge in [-0.15, -0.1) is 0 Å².